The van der Waals surface area contributed by atoms with E-state index in [-0.39, 0.29) is 11.5 Å². The number of rotatable bonds is 7. The first-order chi connectivity index (χ1) is 12.5. The molecule has 6 nitrogen and oxygen atoms in total. The molecule has 1 aromatic carbocycles. The summed E-state index contributed by atoms with van der Waals surface area (Å²) in [6.07, 6.45) is 1.82. The number of ketones is 1. The zero-order valence-corrected chi connectivity index (χ0v) is 16.1. The van der Waals surface area contributed by atoms with Crippen molar-refractivity contribution in [3.05, 3.63) is 65.0 Å². The number of allylic oxidation sites excluding steroid dienone is 1. The number of nitrogens with zero attached hydrogens (tertiary/aromatic N) is 5. The van der Waals surface area contributed by atoms with E-state index in [4.69, 9.17) is 11.6 Å². The molecular weight excluding hydrogens is 370 g/mol. The average molecular weight is 388 g/mol. The minimum absolute atomic E-state index is 0.0454. The normalized spacial score (nSPS) is 10.9. The highest BCUT2D eigenvalue weighted by molar-refractivity contribution is 7.99. The molecule has 0 aliphatic carbocycles. The van der Waals surface area contributed by atoms with Crippen LogP contribution in [0, 0.1) is 13.8 Å². The predicted molar refractivity (Wildman–Crippen MR) is 103 cm³/mol. The van der Waals surface area contributed by atoms with Crippen LogP contribution in [0.25, 0.3) is 5.69 Å². The fourth-order valence-corrected chi connectivity index (χ4v) is 3.61. The Labute approximate surface area is 160 Å². The number of benzene rings is 1. The summed E-state index contributed by atoms with van der Waals surface area (Å²) in [5.74, 6) is 0.302. The van der Waals surface area contributed by atoms with Crippen molar-refractivity contribution in [2.75, 3.05) is 5.75 Å². The maximum Gasteiger partial charge on any atom is 0.214 e. The third kappa shape index (κ3) is 3.73. The molecule has 134 valence electrons. The Morgan fingerprint density at radius 1 is 1.31 bits per heavy atom. The van der Waals surface area contributed by atoms with Crippen LogP contribution < -0.4 is 0 Å². The number of hydrogen-bond donors (Lipinski definition) is 0. The highest BCUT2D eigenvalue weighted by Gasteiger charge is 2.17. The summed E-state index contributed by atoms with van der Waals surface area (Å²) in [5.41, 5.74) is 3.51. The second kappa shape index (κ2) is 7.88. The molecule has 0 fully saturated rings. The van der Waals surface area contributed by atoms with Crippen molar-refractivity contribution in [1.82, 2.24) is 24.8 Å². The molecule has 0 amide bonds. The molecule has 2 heterocycles. The first-order valence-corrected chi connectivity index (χ1v) is 9.35. The van der Waals surface area contributed by atoms with Gasteiger partial charge in [-0.15, -0.1) is 11.7 Å². The van der Waals surface area contributed by atoms with Crippen LogP contribution in [0.5, 0.6) is 0 Å². The molecule has 0 unspecified atom stereocenters. The predicted octanol–water partition coefficient (Wildman–Crippen LogP) is 3.90. The van der Waals surface area contributed by atoms with Crippen LogP contribution in [0.3, 0.4) is 0 Å². The number of hydrogen-bond acceptors (Lipinski definition) is 5. The maximum atomic E-state index is 12.7. The third-order valence-electron chi connectivity index (χ3n) is 4.03. The topological polar surface area (TPSA) is 65.6 Å². The Kier molecular flexibility index (Phi) is 5.58. The summed E-state index contributed by atoms with van der Waals surface area (Å²) in [6.45, 7) is 8.39. The van der Waals surface area contributed by atoms with Crippen LogP contribution in [-0.2, 0) is 6.54 Å². The Bertz CT molecular complexity index is 945. The Hall–Kier alpha value is -2.38. The first-order valence-electron chi connectivity index (χ1n) is 7.99. The lowest BCUT2D eigenvalue weighted by atomic mass is 10.2. The Morgan fingerprint density at radius 2 is 2.04 bits per heavy atom. The van der Waals surface area contributed by atoms with Gasteiger partial charge in [-0.2, -0.15) is 4.68 Å². The number of carbonyl (C=O) groups is 1. The molecular formula is C18H18ClN5OS. The second-order valence-electron chi connectivity index (χ2n) is 5.75. The molecule has 3 aromatic rings. The van der Waals surface area contributed by atoms with E-state index < -0.39 is 0 Å². The molecule has 3 rings (SSSR count). The van der Waals surface area contributed by atoms with E-state index in [0.29, 0.717) is 16.7 Å². The van der Waals surface area contributed by atoms with E-state index in [1.165, 1.54) is 11.8 Å². The summed E-state index contributed by atoms with van der Waals surface area (Å²) < 4.78 is 3.66. The van der Waals surface area contributed by atoms with Gasteiger partial charge in [0.05, 0.1) is 11.4 Å². The van der Waals surface area contributed by atoms with Crippen molar-refractivity contribution in [3.63, 3.8) is 0 Å². The number of carbonyl (C=O) groups excluding carboxylic acids is 1. The quantitative estimate of drug-likeness (QED) is 0.349. The van der Waals surface area contributed by atoms with Crippen LogP contribution in [0.15, 0.2) is 48.1 Å². The van der Waals surface area contributed by atoms with Crippen molar-refractivity contribution in [1.29, 1.82) is 0 Å². The van der Waals surface area contributed by atoms with E-state index >= 15 is 0 Å². The second-order valence-corrected chi connectivity index (χ2v) is 7.12. The lowest BCUT2D eigenvalue weighted by Crippen LogP contribution is -2.07. The molecule has 0 radical (unpaired) electrons. The van der Waals surface area contributed by atoms with Gasteiger partial charge in [0, 0.05) is 28.5 Å². The molecule has 0 bridgehead atoms. The third-order valence-corrected chi connectivity index (χ3v) is 5.20. The van der Waals surface area contributed by atoms with E-state index in [2.05, 4.69) is 26.7 Å². The van der Waals surface area contributed by atoms with E-state index in [1.54, 1.807) is 16.8 Å². The summed E-state index contributed by atoms with van der Waals surface area (Å²) in [4.78, 5) is 12.7. The van der Waals surface area contributed by atoms with Gasteiger partial charge in [0.2, 0.25) is 5.16 Å². The molecule has 0 N–H and O–H groups in total. The van der Waals surface area contributed by atoms with Crippen LogP contribution in [0.4, 0.5) is 0 Å². The van der Waals surface area contributed by atoms with Gasteiger partial charge < -0.3 is 4.57 Å². The van der Waals surface area contributed by atoms with Crippen LogP contribution in [0.2, 0.25) is 5.02 Å². The molecule has 0 spiro atoms. The Morgan fingerprint density at radius 3 is 2.73 bits per heavy atom. The summed E-state index contributed by atoms with van der Waals surface area (Å²) in [6, 6.07) is 9.12. The molecule has 0 saturated carbocycles. The summed E-state index contributed by atoms with van der Waals surface area (Å²) >= 11 is 7.22. The average Bonchev–Trinajstić information content (AvgIpc) is 3.20. The molecule has 2 aromatic heterocycles. The van der Waals surface area contributed by atoms with E-state index in [1.807, 2.05) is 38.1 Å². The van der Waals surface area contributed by atoms with E-state index in [0.717, 1.165) is 22.6 Å². The number of aromatic nitrogens is 5. The van der Waals surface area contributed by atoms with Gasteiger partial charge in [0.15, 0.2) is 5.78 Å². The summed E-state index contributed by atoms with van der Waals surface area (Å²) in [7, 11) is 0. The van der Waals surface area contributed by atoms with Crippen LogP contribution in [-0.4, -0.2) is 36.3 Å². The Balaban J connectivity index is 1.75. The number of thioether (sulfide) groups is 1. The first kappa shape index (κ1) is 18.4. The van der Waals surface area contributed by atoms with Crippen molar-refractivity contribution >= 4 is 29.1 Å². The van der Waals surface area contributed by atoms with Crippen molar-refractivity contribution in [3.8, 4) is 5.69 Å². The van der Waals surface area contributed by atoms with Crippen molar-refractivity contribution in [2.24, 2.45) is 0 Å². The van der Waals surface area contributed by atoms with Crippen molar-refractivity contribution < 1.29 is 4.79 Å². The zero-order valence-electron chi connectivity index (χ0n) is 14.5. The van der Waals surface area contributed by atoms with Gasteiger partial charge in [-0.25, -0.2) is 0 Å². The largest absolute Gasteiger partial charge is 0.345 e. The molecule has 0 saturated heterocycles. The van der Waals surface area contributed by atoms with Gasteiger partial charge >= 0.3 is 0 Å². The maximum absolute atomic E-state index is 12.7. The zero-order chi connectivity index (χ0) is 18.7. The fourth-order valence-electron chi connectivity index (χ4n) is 2.71. The SMILES string of the molecule is C=CCn1c(C)cc(C(=O)CSc2nnnn2-c2ccc(Cl)cc2)c1C. The molecule has 0 aliphatic heterocycles. The van der Waals surface area contributed by atoms with Crippen LogP contribution >= 0.6 is 23.4 Å². The number of halogens is 1. The standard InChI is InChI=1S/C18H18ClN5OS/c1-4-9-23-12(2)10-16(13(23)3)17(25)11-26-18-20-21-22-24(18)15-7-5-14(19)6-8-15/h4-8,10H,1,9,11H2,2-3H3. The monoisotopic (exact) mass is 387 g/mol. The van der Waals surface area contributed by atoms with Crippen LogP contribution in [0.1, 0.15) is 21.7 Å². The molecule has 26 heavy (non-hydrogen) atoms. The molecule has 8 heteroatoms. The highest BCUT2D eigenvalue weighted by atomic mass is 35.5. The smallest absolute Gasteiger partial charge is 0.214 e. The highest BCUT2D eigenvalue weighted by Crippen LogP contribution is 2.22. The van der Waals surface area contributed by atoms with Gasteiger partial charge in [0.1, 0.15) is 0 Å². The fraction of sp³-hybridized carbons (Fsp3) is 0.222. The number of Topliss-reactive ketones (excluding diaryl/α,β-unsaturated/α-hetero) is 1. The lowest BCUT2D eigenvalue weighted by molar-refractivity contribution is 0.102. The number of aryl methyl sites for hydroxylation is 1. The van der Waals surface area contributed by atoms with Gasteiger partial charge in [0.25, 0.3) is 0 Å². The van der Waals surface area contributed by atoms with Gasteiger partial charge in [-0.3, -0.25) is 4.79 Å². The van der Waals surface area contributed by atoms with Gasteiger partial charge in [-0.05, 0) is 54.6 Å². The molecule has 0 atom stereocenters. The lowest BCUT2D eigenvalue weighted by Gasteiger charge is -2.06. The van der Waals surface area contributed by atoms with E-state index in [9.17, 15) is 4.79 Å². The van der Waals surface area contributed by atoms with Crippen molar-refractivity contribution in [2.45, 2.75) is 25.5 Å². The number of tetrazole rings is 1. The molecule has 0 aliphatic rings. The minimum atomic E-state index is 0.0454. The minimum Gasteiger partial charge on any atom is -0.345 e. The summed E-state index contributed by atoms with van der Waals surface area (Å²) in [5, 5.41) is 12.9. The van der Waals surface area contributed by atoms with Gasteiger partial charge in [-0.1, -0.05) is 29.4 Å².